The molecule has 0 saturated carbocycles. The van der Waals surface area contributed by atoms with Gasteiger partial charge in [0, 0.05) is 0 Å². The molecule has 0 aromatic heterocycles. The molecule has 0 saturated heterocycles. The summed E-state index contributed by atoms with van der Waals surface area (Å²) in [5.74, 6) is 0. The van der Waals surface area contributed by atoms with E-state index in [1.165, 1.54) is 83.5 Å². The SMILES string of the molecule is CCCCCCCCC=CCCCCCCCCN(CB=O)CCN(CB=O)CCO. The van der Waals surface area contributed by atoms with E-state index in [0.29, 0.717) is 26.0 Å². The molecule has 0 bridgehead atoms. The summed E-state index contributed by atoms with van der Waals surface area (Å²) in [4.78, 5) is 4.07. The fourth-order valence-electron chi connectivity index (χ4n) is 3.81. The fourth-order valence-corrected chi connectivity index (χ4v) is 3.81. The number of hydrogen-bond acceptors (Lipinski definition) is 5. The summed E-state index contributed by atoms with van der Waals surface area (Å²) in [6, 6.07) is 0. The molecule has 1 N–H and O–H groups in total. The zero-order valence-electron chi connectivity index (χ0n) is 20.3. The molecule has 0 aliphatic carbocycles. The molecule has 0 aliphatic heterocycles. The van der Waals surface area contributed by atoms with Gasteiger partial charge in [0.1, 0.15) is 0 Å². The van der Waals surface area contributed by atoms with E-state index in [4.69, 9.17) is 5.11 Å². The van der Waals surface area contributed by atoms with E-state index >= 15 is 0 Å². The van der Waals surface area contributed by atoms with Gasteiger partial charge in [0.25, 0.3) is 0 Å². The first-order valence-electron chi connectivity index (χ1n) is 12.9. The molecule has 0 fully saturated rings. The van der Waals surface area contributed by atoms with E-state index in [2.05, 4.69) is 24.0 Å². The summed E-state index contributed by atoms with van der Waals surface area (Å²) in [5.41, 5.74) is 0. The Balaban J connectivity index is 3.59. The molecule has 7 heteroatoms. The number of hydrogen-bond donors (Lipinski definition) is 1. The third kappa shape index (κ3) is 22.3. The van der Waals surface area contributed by atoms with Crippen molar-refractivity contribution in [1.29, 1.82) is 0 Å². The van der Waals surface area contributed by atoms with Crippen molar-refractivity contribution >= 4 is 14.3 Å². The predicted molar refractivity (Wildman–Crippen MR) is 132 cm³/mol. The minimum atomic E-state index is 0.0520. The summed E-state index contributed by atoms with van der Waals surface area (Å²) in [6.07, 6.45) is 23.7. The standard InChI is InChI=1S/C24H48B2N2O3/c1-2-3-4-5-6-7-8-9-10-11-12-13-14-15-16-17-18-27(23-25-30)19-20-28(21-22-29)24-26-31/h9-10,29H,2-8,11-24H2,1H3. The van der Waals surface area contributed by atoms with Crippen molar-refractivity contribution < 1.29 is 14.5 Å². The summed E-state index contributed by atoms with van der Waals surface area (Å²) < 4.78 is 21.6. The Morgan fingerprint density at radius 1 is 0.613 bits per heavy atom. The molecule has 0 aliphatic rings. The van der Waals surface area contributed by atoms with Gasteiger partial charge < -0.3 is 0 Å². The topological polar surface area (TPSA) is 60.9 Å². The van der Waals surface area contributed by atoms with Crippen LogP contribution in [0.25, 0.3) is 0 Å². The maximum atomic E-state index is 10.9. The first kappa shape index (κ1) is 30.3. The molecule has 0 spiro atoms. The van der Waals surface area contributed by atoms with Crippen molar-refractivity contribution in [2.75, 3.05) is 45.7 Å². The second-order valence-corrected chi connectivity index (χ2v) is 8.60. The van der Waals surface area contributed by atoms with E-state index < -0.39 is 0 Å². The average molecular weight is 434 g/mol. The van der Waals surface area contributed by atoms with E-state index in [1.54, 1.807) is 0 Å². The molecule has 0 amide bonds. The van der Waals surface area contributed by atoms with E-state index in [1.807, 2.05) is 4.90 Å². The molecule has 0 unspecified atom stereocenters. The Bertz CT molecular complexity index is 426. The predicted octanol–water partition coefficient (Wildman–Crippen LogP) is 4.63. The Kier molecular flexibility index (Phi) is 25.1. The van der Waals surface area contributed by atoms with E-state index in [9.17, 15) is 9.41 Å². The van der Waals surface area contributed by atoms with E-state index in [0.717, 1.165) is 33.8 Å². The number of nitrogens with zero attached hydrogens (tertiary/aromatic N) is 2. The van der Waals surface area contributed by atoms with Crippen LogP contribution in [0.4, 0.5) is 0 Å². The average Bonchev–Trinajstić information content (AvgIpc) is 2.77. The van der Waals surface area contributed by atoms with Gasteiger partial charge in [-0.15, -0.1) is 0 Å². The molecule has 31 heavy (non-hydrogen) atoms. The van der Waals surface area contributed by atoms with Crippen LogP contribution >= 0.6 is 0 Å². The normalized spacial score (nSPS) is 11.5. The van der Waals surface area contributed by atoms with Crippen LogP contribution in [0.3, 0.4) is 0 Å². The summed E-state index contributed by atoms with van der Waals surface area (Å²) in [5, 5.41) is 9.06. The van der Waals surface area contributed by atoms with E-state index in [-0.39, 0.29) is 6.61 Å². The van der Waals surface area contributed by atoms with Gasteiger partial charge in [-0.1, -0.05) is 39.0 Å². The van der Waals surface area contributed by atoms with Gasteiger partial charge in [0.2, 0.25) is 0 Å². The van der Waals surface area contributed by atoms with Crippen molar-refractivity contribution in [1.82, 2.24) is 9.80 Å². The third-order valence-electron chi connectivity index (χ3n) is 5.80. The van der Waals surface area contributed by atoms with Crippen molar-refractivity contribution in [3.05, 3.63) is 12.2 Å². The van der Waals surface area contributed by atoms with Crippen LogP contribution < -0.4 is 0 Å². The summed E-state index contributed by atoms with van der Waals surface area (Å²) in [6.45, 7) is 5.21. The third-order valence-corrected chi connectivity index (χ3v) is 5.80. The Morgan fingerprint density at radius 2 is 1.06 bits per heavy atom. The van der Waals surface area contributed by atoms with Crippen LogP contribution in [0.5, 0.6) is 0 Å². The van der Waals surface area contributed by atoms with Crippen molar-refractivity contribution in [2.24, 2.45) is 0 Å². The fraction of sp³-hybridized carbons (Fsp3) is 0.917. The minimum absolute atomic E-state index is 0.0520. The first-order valence-corrected chi connectivity index (χ1v) is 12.9. The number of unbranched alkanes of at least 4 members (excludes halogenated alkanes) is 12. The molecule has 0 aromatic carbocycles. The van der Waals surface area contributed by atoms with Crippen molar-refractivity contribution in [3.8, 4) is 0 Å². The summed E-state index contributed by atoms with van der Waals surface area (Å²) in [7, 11) is 1.82. The van der Waals surface area contributed by atoms with Crippen LogP contribution in [0.2, 0.25) is 0 Å². The van der Waals surface area contributed by atoms with Crippen LogP contribution in [0, 0.1) is 0 Å². The first-order chi connectivity index (χ1) is 15.3. The van der Waals surface area contributed by atoms with Crippen molar-refractivity contribution in [3.63, 3.8) is 0 Å². The molecule has 0 heterocycles. The number of rotatable bonds is 25. The van der Waals surface area contributed by atoms with Gasteiger partial charge in [-0.2, -0.15) is 0 Å². The number of aliphatic hydroxyl groups is 1. The number of aliphatic hydroxyl groups excluding tert-OH is 1. The molecule has 178 valence electrons. The van der Waals surface area contributed by atoms with Crippen LogP contribution in [-0.4, -0.2) is 74.9 Å². The van der Waals surface area contributed by atoms with Gasteiger partial charge in [0.05, 0.1) is 0 Å². The molecule has 5 nitrogen and oxygen atoms in total. The maximum absolute atomic E-state index is 10.9. The Morgan fingerprint density at radius 3 is 1.55 bits per heavy atom. The summed E-state index contributed by atoms with van der Waals surface area (Å²) >= 11 is 0. The van der Waals surface area contributed by atoms with Crippen LogP contribution in [0.15, 0.2) is 12.2 Å². The van der Waals surface area contributed by atoms with Gasteiger partial charge in [-0.3, -0.25) is 0 Å². The van der Waals surface area contributed by atoms with Gasteiger partial charge in [-0.05, 0) is 12.8 Å². The molecule has 0 atom stereocenters. The van der Waals surface area contributed by atoms with Gasteiger partial charge in [-0.25, -0.2) is 0 Å². The quantitative estimate of drug-likeness (QED) is 0.129. The van der Waals surface area contributed by atoms with Gasteiger partial charge >= 0.3 is 141 Å². The monoisotopic (exact) mass is 434 g/mol. The Labute approximate surface area is 193 Å². The van der Waals surface area contributed by atoms with Crippen molar-refractivity contribution in [2.45, 2.75) is 96.8 Å². The molecular formula is C24H48B2N2O3. The second-order valence-electron chi connectivity index (χ2n) is 8.60. The molecule has 0 radical (unpaired) electrons. The molecular weight excluding hydrogens is 386 g/mol. The molecule has 0 aromatic rings. The van der Waals surface area contributed by atoms with Crippen LogP contribution in [-0.2, 0) is 9.41 Å². The zero-order chi connectivity index (χ0) is 22.8. The zero-order valence-corrected chi connectivity index (χ0v) is 20.3. The second kappa shape index (κ2) is 25.6. The van der Waals surface area contributed by atoms with Gasteiger partial charge in [0.15, 0.2) is 0 Å². The molecule has 0 rings (SSSR count). The number of allylic oxidation sites excluding steroid dienone is 2. The van der Waals surface area contributed by atoms with Crippen LogP contribution in [0.1, 0.15) is 96.8 Å². The Hall–Kier alpha value is -0.650.